The van der Waals surface area contributed by atoms with Crippen molar-refractivity contribution in [3.05, 3.63) is 34.9 Å². The summed E-state index contributed by atoms with van der Waals surface area (Å²) in [5, 5.41) is 13.9. The van der Waals surface area contributed by atoms with E-state index >= 15 is 0 Å². The first kappa shape index (κ1) is 12.6. The molecule has 2 N–H and O–H groups in total. The molecule has 2 atom stereocenters. The lowest BCUT2D eigenvalue weighted by atomic mass is 9.74. The van der Waals surface area contributed by atoms with Crippen molar-refractivity contribution in [3.63, 3.8) is 0 Å². The number of carbonyl (C=O) groups excluding carboxylic acids is 1. The molecule has 0 spiro atoms. The number of hydrogen-bond acceptors (Lipinski definition) is 3. The molecule has 1 aromatic rings. The van der Waals surface area contributed by atoms with Crippen LogP contribution in [0.25, 0.3) is 0 Å². The van der Waals surface area contributed by atoms with Crippen molar-refractivity contribution < 1.29 is 9.90 Å². The smallest absolute Gasteiger partial charge is 0.135 e. The van der Waals surface area contributed by atoms with Crippen molar-refractivity contribution >= 4 is 17.4 Å². The Bertz CT molecular complexity index is 435. The maximum atomic E-state index is 11.7. The molecule has 4 heteroatoms. The average Bonchev–Trinajstić information content (AvgIpc) is 2.33. The van der Waals surface area contributed by atoms with Gasteiger partial charge < -0.3 is 10.4 Å². The van der Waals surface area contributed by atoms with Gasteiger partial charge in [0.1, 0.15) is 5.78 Å². The number of halogens is 1. The van der Waals surface area contributed by atoms with Gasteiger partial charge in [0.05, 0.1) is 11.6 Å². The number of likely N-dealkylation sites (N-methyl/N-ethyl adjacent to an activating group) is 1. The normalized spacial score (nSPS) is 29.4. The Morgan fingerprint density at radius 3 is 2.82 bits per heavy atom. The Morgan fingerprint density at radius 2 is 2.18 bits per heavy atom. The number of ketones is 1. The predicted octanol–water partition coefficient (Wildman–Crippen LogP) is 1.87. The van der Waals surface area contributed by atoms with Gasteiger partial charge in [-0.2, -0.15) is 0 Å². The van der Waals surface area contributed by atoms with Gasteiger partial charge >= 0.3 is 0 Å². The van der Waals surface area contributed by atoms with Crippen LogP contribution in [-0.4, -0.2) is 24.0 Å². The van der Waals surface area contributed by atoms with Crippen LogP contribution in [0, 0.1) is 0 Å². The minimum absolute atomic E-state index is 0.157. The van der Waals surface area contributed by atoms with Gasteiger partial charge in [-0.05, 0) is 25.1 Å². The lowest BCUT2D eigenvalue weighted by molar-refractivity contribution is -0.126. The number of rotatable bonds is 2. The summed E-state index contributed by atoms with van der Waals surface area (Å²) >= 11 is 6.18. The van der Waals surface area contributed by atoms with Gasteiger partial charge in [-0.25, -0.2) is 0 Å². The zero-order chi connectivity index (χ0) is 12.5. The first-order valence-electron chi connectivity index (χ1n) is 5.74. The second-order valence-corrected chi connectivity index (χ2v) is 4.88. The number of aliphatic hydroxyl groups excluding tert-OH is 1. The SMILES string of the molecule is CNC1(c2ccccc2Cl)CC(=O)CCC1O. The van der Waals surface area contributed by atoms with Gasteiger partial charge in [-0.15, -0.1) is 0 Å². The van der Waals surface area contributed by atoms with E-state index < -0.39 is 11.6 Å². The maximum Gasteiger partial charge on any atom is 0.135 e. The summed E-state index contributed by atoms with van der Waals surface area (Å²) in [4.78, 5) is 11.7. The fourth-order valence-corrected chi connectivity index (χ4v) is 2.85. The highest BCUT2D eigenvalue weighted by atomic mass is 35.5. The van der Waals surface area contributed by atoms with E-state index in [-0.39, 0.29) is 12.2 Å². The molecule has 2 unspecified atom stereocenters. The quantitative estimate of drug-likeness (QED) is 0.846. The second kappa shape index (κ2) is 4.77. The van der Waals surface area contributed by atoms with Crippen molar-refractivity contribution in [2.24, 2.45) is 0 Å². The second-order valence-electron chi connectivity index (χ2n) is 4.47. The molecule has 17 heavy (non-hydrogen) atoms. The monoisotopic (exact) mass is 253 g/mol. The van der Waals surface area contributed by atoms with Crippen molar-refractivity contribution in [3.8, 4) is 0 Å². The molecule has 0 heterocycles. The number of carbonyl (C=O) groups is 1. The highest BCUT2D eigenvalue weighted by Crippen LogP contribution is 2.38. The molecule has 0 aromatic heterocycles. The first-order chi connectivity index (χ1) is 8.10. The summed E-state index contributed by atoms with van der Waals surface area (Å²) < 4.78 is 0. The molecule has 1 aromatic carbocycles. The molecule has 3 nitrogen and oxygen atoms in total. The minimum Gasteiger partial charge on any atom is -0.391 e. The zero-order valence-corrected chi connectivity index (χ0v) is 10.5. The summed E-state index contributed by atoms with van der Waals surface area (Å²) in [6, 6.07) is 7.35. The molecule has 0 radical (unpaired) electrons. The van der Waals surface area contributed by atoms with Gasteiger partial charge in [-0.1, -0.05) is 29.8 Å². The van der Waals surface area contributed by atoms with E-state index in [4.69, 9.17) is 11.6 Å². The average molecular weight is 254 g/mol. The van der Waals surface area contributed by atoms with E-state index in [9.17, 15) is 9.90 Å². The van der Waals surface area contributed by atoms with Crippen molar-refractivity contribution in [2.75, 3.05) is 7.05 Å². The zero-order valence-electron chi connectivity index (χ0n) is 9.74. The Hall–Kier alpha value is -0.900. The molecule has 2 rings (SSSR count). The molecule has 0 saturated heterocycles. The van der Waals surface area contributed by atoms with Crippen LogP contribution in [0.15, 0.2) is 24.3 Å². The molecule has 1 aliphatic rings. The number of Topliss-reactive ketones (excluding diaryl/α,β-unsaturated/α-hetero) is 1. The van der Waals surface area contributed by atoms with E-state index in [0.29, 0.717) is 17.9 Å². The molecular formula is C13H16ClNO2. The fraction of sp³-hybridized carbons (Fsp3) is 0.462. The highest BCUT2D eigenvalue weighted by Gasteiger charge is 2.44. The van der Waals surface area contributed by atoms with Gasteiger partial charge in [-0.3, -0.25) is 4.79 Å². The third-order valence-corrected chi connectivity index (χ3v) is 3.87. The lowest BCUT2D eigenvalue weighted by Crippen LogP contribution is -2.54. The third-order valence-electron chi connectivity index (χ3n) is 3.54. The molecule has 0 bridgehead atoms. The largest absolute Gasteiger partial charge is 0.391 e. The van der Waals surface area contributed by atoms with E-state index in [0.717, 1.165) is 5.56 Å². The Balaban J connectivity index is 2.49. The van der Waals surface area contributed by atoms with Gasteiger partial charge in [0.25, 0.3) is 0 Å². The Labute approximate surface area is 106 Å². The summed E-state index contributed by atoms with van der Waals surface area (Å²) in [6.07, 6.45) is 0.610. The summed E-state index contributed by atoms with van der Waals surface area (Å²) in [5.74, 6) is 0.157. The summed E-state index contributed by atoms with van der Waals surface area (Å²) in [7, 11) is 1.76. The molecule has 0 aliphatic heterocycles. The predicted molar refractivity (Wildman–Crippen MR) is 67.1 cm³/mol. The highest BCUT2D eigenvalue weighted by molar-refractivity contribution is 6.31. The van der Waals surface area contributed by atoms with Crippen LogP contribution in [0.3, 0.4) is 0 Å². The van der Waals surface area contributed by atoms with Crippen LogP contribution in [0.1, 0.15) is 24.8 Å². The summed E-state index contributed by atoms with van der Waals surface area (Å²) in [5.41, 5.74) is 0.0536. The van der Waals surface area contributed by atoms with Crippen LogP contribution in [0.5, 0.6) is 0 Å². The molecule has 1 saturated carbocycles. The van der Waals surface area contributed by atoms with Crippen LogP contribution in [0.4, 0.5) is 0 Å². The van der Waals surface area contributed by atoms with E-state index in [1.54, 1.807) is 13.1 Å². The van der Waals surface area contributed by atoms with E-state index in [1.165, 1.54) is 0 Å². The van der Waals surface area contributed by atoms with Gasteiger partial charge in [0.2, 0.25) is 0 Å². The van der Waals surface area contributed by atoms with E-state index in [1.807, 2.05) is 18.2 Å². The maximum absolute atomic E-state index is 11.7. The fourth-order valence-electron chi connectivity index (χ4n) is 2.55. The number of nitrogens with one attached hydrogen (secondary N) is 1. The van der Waals surface area contributed by atoms with Crippen molar-refractivity contribution in [1.29, 1.82) is 0 Å². The Kier molecular flexibility index (Phi) is 3.52. The van der Waals surface area contributed by atoms with E-state index in [2.05, 4.69) is 5.32 Å². The number of aliphatic hydroxyl groups is 1. The first-order valence-corrected chi connectivity index (χ1v) is 6.11. The Morgan fingerprint density at radius 1 is 1.47 bits per heavy atom. The molecule has 0 amide bonds. The number of benzene rings is 1. The summed E-state index contributed by atoms with van der Waals surface area (Å²) in [6.45, 7) is 0. The van der Waals surface area contributed by atoms with Crippen LogP contribution < -0.4 is 5.32 Å². The number of hydrogen-bond donors (Lipinski definition) is 2. The molecular weight excluding hydrogens is 238 g/mol. The third kappa shape index (κ3) is 2.10. The standard InChI is InChI=1S/C13H16ClNO2/c1-15-13(8-9(16)6-7-12(13)17)10-4-2-3-5-11(10)14/h2-5,12,15,17H,6-8H2,1H3. The van der Waals surface area contributed by atoms with Crippen LogP contribution >= 0.6 is 11.6 Å². The lowest BCUT2D eigenvalue weighted by Gasteiger charge is -2.41. The topological polar surface area (TPSA) is 49.3 Å². The molecule has 1 aliphatic carbocycles. The van der Waals surface area contributed by atoms with Crippen LogP contribution in [-0.2, 0) is 10.3 Å². The molecule has 92 valence electrons. The van der Waals surface area contributed by atoms with Gasteiger partial charge in [0.15, 0.2) is 0 Å². The van der Waals surface area contributed by atoms with Crippen molar-refractivity contribution in [2.45, 2.75) is 30.9 Å². The molecule has 1 fully saturated rings. The van der Waals surface area contributed by atoms with Gasteiger partial charge in [0, 0.05) is 17.9 Å². The minimum atomic E-state index is -0.742. The van der Waals surface area contributed by atoms with Crippen molar-refractivity contribution in [1.82, 2.24) is 5.32 Å². The van der Waals surface area contributed by atoms with Crippen LogP contribution in [0.2, 0.25) is 5.02 Å².